The summed E-state index contributed by atoms with van der Waals surface area (Å²) in [6.45, 7) is -0.629. The highest BCUT2D eigenvalue weighted by atomic mass is 31.2. The Labute approximate surface area is 275 Å². The van der Waals surface area contributed by atoms with Crippen molar-refractivity contribution in [1.82, 2.24) is 16.0 Å². The molecule has 0 aliphatic rings. The molecule has 0 aliphatic heterocycles. The van der Waals surface area contributed by atoms with Crippen LogP contribution in [-0.4, -0.2) is 61.8 Å². The van der Waals surface area contributed by atoms with E-state index in [0.29, 0.717) is 24.3 Å². The molecule has 3 aromatic rings. The first kappa shape index (κ1) is 39.0. The molecule has 0 spiro atoms. The lowest BCUT2D eigenvalue weighted by Gasteiger charge is -2.23. The fourth-order valence-electron chi connectivity index (χ4n) is 4.29. The average molecular weight is 733 g/mol. The van der Waals surface area contributed by atoms with Crippen molar-refractivity contribution < 1.29 is 65.4 Å². The molecule has 49 heavy (non-hydrogen) atoms. The van der Waals surface area contributed by atoms with E-state index >= 15 is 0 Å². The van der Waals surface area contributed by atoms with Crippen molar-refractivity contribution in [2.24, 2.45) is 5.73 Å². The summed E-state index contributed by atoms with van der Waals surface area (Å²) >= 11 is 0. The lowest BCUT2D eigenvalue weighted by atomic mass is 10.0. The predicted octanol–water partition coefficient (Wildman–Crippen LogP) is 1.81. The molecule has 0 radical (unpaired) electrons. The number of carbonyl (C=O) groups excluding carboxylic acids is 4. The Hall–Kier alpha value is -4.44. The minimum absolute atomic E-state index is 0.108. The molecular formula is C29H30F4N4O10P2. The summed E-state index contributed by atoms with van der Waals surface area (Å²) in [5.41, 5.74) is -5.19. The molecule has 9 N–H and O–H groups in total. The van der Waals surface area contributed by atoms with Crippen molar-refractivity contribution in [1.29, 1.82) is 0 Å². The summed E-state index contributed by atoms with van der Waals surface area (Å²) in [5.74, 6) is -3.68. The van der Waals surface area contributed by atoms with Crippen LogP contribution in [0.15, 0.2) is 78.9 Å². The largest absolute Gasteiger partial charge is 0.399 e. The SMILES string of the molecule is NC(=O)C(Cc1ccc(C(F)(F)P(=O)(O)O)cc1)NC(=O)C(Cc1ccc(C(F)(F)P(=O)(O)O)cc1)NC(=O)CNC(=O)c1ccccc1. The molecule has 2 atom stereocenters. The van der Waals surface area contributed by atoms with E-state index in [2.05, 4.69) is 16.0 Å². The van der Waals surface area contributed by atoms with Crippen molar-refractivity contribution in [3.05, 3.63) is 107 Å². The minimum atomic E-state index is -5.88. The number of nitrogens with one attached hydrogen (secondary N) is 3. The lowest BCUT2D eigenvalue weighted by Crippen LogP contribution is -2.55. The fourth-order valence-corrected chi connectivity index (χ4v) is 5.26. The molecule has 4 amide bonds. The van der Waals surface area contributed by atoms with Crippen LogP contribution in [0.3, 0.4) is 0 Å². The van der Waals surface area contributed by atoms with Crippen LogP contribution in [0.4, 0.5) is 17.6 Å². The van der Waals surface area contributed by atoms with E-state index < -0.39 is 92.7 Å². The molecule has 3 rings (SSSR count). The maximum absolute atomic E-state index is 14.1. The quantitative estimate of drug-likeness (QED) is 0.0832. The highest BCUT2D eigenvalue weighted by molar-refractivity contribution is 7.52. The summed E-state index contributed by atoms with van der Waals surface area (Å²) in [6.07, 6.45) is -0.827. The zero-order chi connectivity index (χ0) is 36.8. The highest BCUT2D eigenvalue weighted by Gasteiger charge is 2.51. The number of nitrogens with two attached hydrogens (primary N) is 1. The van der Waals surface area contributed by atoms with E-state index in [1.54, 1.807) is 18.2 Å². The maximum Gasteiger partial charge on any atom is 0.399 e. The standard InChI is InChI=1S/C29H30F4N4O10P2/c30-28(31,48(42,43)44)20-10-6-17(7-11-20)14-22(25(34)39)37-27(41)23(36-24(38)16-35-26(40)19-4-2-1-3-5-19)15-18-8-12-21(13-9-18)29(32,33)49(45,46)47/h1-13,22-23H,14-16H2,(H2,34,39)(H,35,40)(H,36,38)(H,37,41)(H2,42,43,44)(H2,45,46,47). The topological polar surface area (TPSA) is 245 Å². The number of carbonyl (C=O) groups is 4. The third-order valence-corrected chi connectivity index (χ3v) is 8.95. The zero-order valence-corrected chi connectivity index (χ0v) is 26.8. The van der Waals surface area contributed by atoms with E-state index in [4.69, 9.17) is 25.3 Å². The molecule has 0 saturated carbocycles. The minimum Gasteiger partial charge on any atom is -0.368 e. The number of primary amides is 1. The average Bonchev–Trinajstić information content (AvgIpc) is 3.02. The monoisotopic (exact) mass is 732 g/mol. The number of halogens is 4. The van der Waals surface area contributed by atoms with Gasteiger partial charge in [-0.1, -0.05) is 66.7 Å². The summed E-state index contributed by atoms with van der Waals surface area (Å²) in [7, 11) is -11.7. The Balaban J connectivity index is 1.81. The van der Waals surface area contributed by atoms with Gasteiger partial charge in [0.2, 0.25) is 17.7 Å². The maximum atomic E-state index is 14.1. The molecule has 3 aromatic carbocycles. The van der Waals surface area contributed by atoms with Crippen molar-refractivity contribution in [2.45, 2.75) is 36.3 Å². The van der Waals surface area contributed by atoms with E-state index in [-0.39, 0.29) is 16.7 Å². The number of rotatable bonds is 15. The van der Waals surface area contributed by atoms with Gasteiger partial charge in [-0.05, 0) is 23.3 Å². The molecular weight excluding hydrogens is 702 g/mol. The van der Waals surface area contributed by atoms with Gasteiger partial charge in [0.1, 0.15) is 12.1 Å². The summed E-state index contributed by atoms with van der Waals surface area (Å²) < 4.78 is 78.7. The molecule has 2 unspecified atom stereocenters. The van der Waals surface area contributed by atoms with Gasteiger partial charge in [-0.25, -0.2) is 0 Å². The zero-order valence-electron chi connectivity index (χ0n) is 25.0. The van der Waals surface area contributed by atoms with Crippen LogP contribution in [0, 0.1) is 0 Å². The molecule has 0 heterocycles. The van der Waals surface area contributed by atoms with E-state index in [1.807, 2.05) is 0 Å². The van der Waals surface area contributed by atoms with Crippen molar-refractivity contribution in [2.75, 3.05) is 6.54 Å². The Morgan fingerprint density at radius 1 is 0.673 bits per heavy atom. The Morgan fingerprint density at radius 2 is 1.10 bits per heavy atom. The van der Waals surface area contributed by atoms with Gasteiger partial charge in [-0.3, -0.25) is 28.3 Å². The summed E-state index contributed by atoms with van der Waals surface area (Å²) in [6, 6.07) is 11.6. The van der Waals surface area contributed by atoms with Gasteiger partial charge in [0.25, 0.3) is 5.91 Å². The third-order valence-electron chi connectivity index (χ3n) is 6.97. The lowest BCUT2D eigenvalue weighted by molar-refractivity contribution is -0.131. The molecule has 20 heteroatoms. The molecule has 0 aromatic heterocycles. The fraction of sp³-hybridized carbons (Fsp3) is 0.241. The normalized spacial score (nSPS) is 13.6. The van der Waals surface area contributed by atoms with Crippen molar-refractivity contribution in [3.8, 4) is 0 Å². The molecule has 0 bridgehead atoms. The van der Waals surface area contributed by atoms with Crippen LogP contribution in [0.25, 0.3) is 0 Å². The number of alkyl halides is 4. The first-order valence-corrected chi connectivity index (χ1v) is 17.1. The van der Waals surface area contributed by atoms with Crippen molar-refractivity contribution in [3.63, 3.8) is 0 Å². The van der Waals surface area contributed by atoms with Gasteiger partial charge in [0, 0.05) is 29.5 Å². The van der Waals surface area contributed by atoms with Gasteiger partial charge in [-0.2, -0.15) is 17.6 Å². The smallest absolute Gasteiger partial charge is 0.368 e. The van der Waals surface area contributed by atoms with Crippen LogP contribution in [0.5, 0.6) is 0 Å². The van der Waals surface area contributed by atoms with Gasteiger partial charge in [-0.15, -0.1) is 0 Å². The Kier molecular flexibility index (Phi) is 12.3. The number of hydrogen-bond donors (Lipinski definition) is 8. The molecule has 264 valence electrons. The summed E-state index contributed by atoms with van der Waals surface area (Å²) in [4.78, 5) is 86.6. The first-order chi connectivity index (χ1) is 22.6. The predicted molar refractivity (Wildman–Crippen MR) is 164 cm³/mol. The van der Waals surface area contributed by atoms with Gasteiger partial charge in [0.05, 0.1) is 6.54 Å². The van der Waals surface area contributed by atoms with E-state index in [9.17, 15) is 45.9 Å². The molecule has 0 fully saturated rings. The second-order valence-corrected chi connectivity index (χ2v) is 13.9. The van der Waals surface area contributed by atoms with Crippen molar-refractivity contribution >= 4 is 38.8 Å². The highest BCUT2D eigenvalue weighted by Crippen LogP contribution is 2.60. The number of benzene rings is 3. The Bertz CT molecular complexity index is 1770. The third kappa shape index (κ3) is 10.0. The molecule has 0 saturated heterocycles. The van der Waals surface area contributed by atoms with Gasteiger partial charge >= 0.3 is 26.5 Å². The summed E-state index contributed by atoms with van der Waals surface area (Å²) in [5, 5.41) is 6.98. The van der Waals surface area contributed by atoms with Gasteiger partial charge < -0.3 is 41.3 Å². The van der Waals surface area contributed by atoms with Crippen LogP contribution >= 0.6 is 15.2 Å². The second-order valence-electron chi connectivity index (χ2n) is 10.6. The van der Waals surface area contributed by atoms with Crippen LogP contribution in [-0.2, 0) is 47.7 Å². The Morgan fingerprint density at radius 3 is 1.51 bits per heavy atom. The van der Waals surface area contributed by atoms with Gasteiger partial charge in [0.15, 0.2) is 0 Å². The van der Waals surface area contributed by atoms with Crippen LogP contribution in [0.1, 0.15) is 32.6 Å². The first-order valence-electron chi connectivity index (χ1n) is 13.9. The van der Waals surface area contributed by atoms with E-state index in [1.165, 1.54) is 12.1 Å². The van der Waals surface area contributed by atoms with Crippen LogP contribution in [0.2, 0.25) is 0 Å². The molecule has 0 aliphatic carbocycles. The number of amides is 4. The van der Waals surface area contributed by atoms with Crippen LogP contribution < -0.4 is 21.7 Å². The second kappa shape index (κ2) is 15.4. The number of hydrogen-bond acceptors (Lipinski definition) is 6. The van der Waals surface area contributed by atoms with E-state index in [0.717, 1.165) is 24.3 Å². The molecule has 14 nitrogen and oxygen atoms in total.